The van der Waals surface area contributed by atoms with Gasteiger partial charge in [0.25, 0.3) is 0 Å². The monoisotopic (exact) mass is 406 g/mol. The van der Waals surface area contributed by atoms with E-state index < -0.39 is 10.1 Å². The highest BCUT2D eigenvalue weighted by Gasteiger charge is 2.18. The van der Waals surface area contributed by atoms with E-state index in [4.69, 9.17) is 23.8 Å². The molecule has 0 heterocycles. The average Bonchev–Trinajstić information content (AvgIpc) is 2.61. The average molecular weight is 407 g/mol. The van der Waals surface area contributed by atoms with E-state index in [0.717, 1.165) is 5.56 Å². The summed E-state index contributed by atoms with van der Waals surface area (Å²) in [6, 6.07) is 12.1. The summed E-state index contributed by atoms with van der Waals surface area (Å²) in [5.41, 5.74) is 8.09. The largest absolute Gasteiger partial charge is 0.399 e. The van der Waals surface area contributed by atoms with Crippen LogP contribution in [0.15, 0.2) is 47.4 Å². The summed E-state index contributed by atoms with van der Waals surface area (Å²) in [4.78, 5) is -0.0750. The van der Waals surface area contributed by atoms with Crippen molar-refractivity contribution < 1.29 is 12.7 Å². The van der Waals surface area contributed by atoms with Crippen molar-refractivity contribution in [2.75, 3.05) is 11.1 Å². The molecule has 0 amide bonds. The van der Waals surface area contributed by atoms with Gasteiger partial charge in [0.2, 0.25) is 0 Å². The quantitative estimate of drug-likeness (QED) is 0.250. The molecule has 0 aliphatic heterocycles. The second kappa shape index (κ2) is 8.96. The number of rotatable bonds is 6. The van der Waals surface area contributed by atoms with Gasteiger partial charge < -0.3 is 16.4 Å². The summed E-state index contributed by atoms with van der Waals surface area (Å²) in [6.45, 7) is 3.88. The molecule has 0 aromatic heterocycles. The summed E-state index contributed by atoms with van der Waals surface area (Å²) >= 11 is 5.18. The summed E-state index contributed by atoms with van der Waals surface area (Å²) in [6.07, 6.45) is 3.42. The maximum atomic E-state index is 12.2. The van der Waals surface area contributed by atoms with Gasteiger partial charge in [0.05, 0.1) is 0 Å². The number of nitrogens with two attached hydrogens (primary N) is 2. The summed E-state index contributed by atoms with van der Waals surface area (Å²) < 4.78 is 28.6. The summed E-state index contributed by atoms with van der Waals surface area (Å²) in [5, 5.41) is 6.34. The number of thiocarbonyl (C=S) groups is 1. The SMILES string of the molecule is CC(C)NC(=S)Nc1ccc(/C=C/c2ccc(N)cc2)c(S(=O)(=O)ON)c1. The third-order valence-corrected chi connectivity index (χ3v) is 4.84. The number of hydrogen-bond donors (Lipinski definition) is 4. The molecule has 0 aliphatic rings. The Morgan fingerprint density at radius 2 is 1.81 bits per heavy atom. The Morgan fingerprint density at radius 1 is 1.15 bits per heavy atom. The molecule has 0 aliphatic carbocycles. The lowest BCUT2D eigenvalue weighted by Gasteiger charge is -2.14. The zero-order valence-electron chi connectivity index (χ0n) is 15.0. The normalized spacial score (nSPS) is 11.7. The van der Waals surface area contributed by atoms with Gasteiger partial charge in [-0.15, -0.1) is 0 Å². The molecule has 0 spiro atoms. The number of nitrogen functional groups attached to an aromatic ring is 1. The van der Waals surface area contributed by atoms with Crippen LogP contribution in [0, 0.1) is 0 Å². The Morgan fingerprint density at radius 3 is 2.41 bits per heavy atom. The lowest BCUT2D eigenvalue weighted by atomic mass is 10.1. The molecule has 6 N–H and O–H groups in total. The van der Waals surface area contributed by atoms with Crippen LogP contribution in [0.4, 0.5) is 11.4 Å². The van der Waals surface area contributed by atoms with Crippen molar-refractivity contribution >= 4 is 51.0 Å². The van der Waals surface area contributed by atoms with Crippen LogP contribution in [-0.4, -0.2) is 19.6 Å². The number of hydrogen-bond acceptors (Lipinski definition) is 6. The Kier molecular flexibility index (Phi) is 6.92. The van der Waals surface area contributed by atoms with Crippen LogP contribution in [0.25, 0.3) is 12.2 Å². The molecule has 0 fully saturated rings. The van der Waals surface area contributed by atoms with Crippen molar-refractivity contribution in [2.45, 2.75) is 24.8 Å². The van der Waals surface area contributed by atoms with Crippen molar-refractivity contribution in [3.63, 3.8) is 0 Å². The maximum Gasteiger partial charge on any atom is 0.313 e. The molecule has 0 radical (unpaired) electrons. The van der Waals surface area contributed by atoms with Crippen LogP contribution in [0.5, 0.6) is 0 Å². The zero-order chi connectivity index (χ0) is 20.0. The number of anilines is 2. The van der Waals surface area contributed by atoms with E-state index in [0.29, 0.717) is 22.1 Å². The zero-order valence-corrected chi connectivity index (χ0v) is 16.6. The smallest absolute Gasteiger partial charge is 0.313 e. The lowest BCUT2D eigenvalue weighted by Crippen LogP contribution is -2.33. The topological polar surface area (TPSA) is 119 Å². The van der Waals surface area contributed by atoms with Crippen LogP contribution >= 0.6 is 12.2 Å². The van der Waals surface area contributed by atoms with Gasteiger partial charge in [0, 0.05) is 17.4 Å². The van der Waals surface area contributed by atoms with Gasteiger partial charge in [-0.25, -0.2) is 0 Å². The highest BCUT2D eigenvalue weighted by atomic mass is 32.2. The minimum absolute atomic E-state index is 0.0750. The molecule has 0 bridgehead atoms. The summed E-state index contributed by atoms with van der Waals surface area (Å²) in [5.74, 6) is 4.96. The number of nitrogens with one attached hydrogen (secondary N) is 2. The first kappa shape index (κ1) is 20.8. The van der Waals surface area contributed by atoms with Crippen LogP contribution < -0.4 is 22.3 Å². The van der Waals surface area contributed by atoms with Gasteiger partial charge in [0.1, 0.15) is 4.90 Å². The molecular formula is C18H22N4O3S2. The third-order valence-electron chi connectivity index (χ3n) is 3.48. The Hall–Kier alpha value is -2.46. The third kappa shape index (κ3) is 6.04. The molecule has 9 heteroatoms. The molecule has 0 saturated carbocycles. The van der Waals surface area contributed by atoms with E-state index in [2.05, 4.69) is 14.9 Å². The second-order valence-corrected chi connectivity index (χ2v) is 8.00. The van der Waals surface area contributed by atoms with Gasteiger partial charge in [-0.1, -0.05) is 30.4 Å². The molecule has 0 saturated heterocycles. The Bertz CT molecular complexity index is 940. The molecule has 27 heavy (non-hydrogen) atoms. The van der Waals surface area contributed by atoms with E-state index in [9.17, 15) is 8.42 Å². The van der Waals surface area contributed by atoms with Gasteiger partial charge >= 0.3 is 10.1 Å². The number of benzene rings is 2. The minimum Gasteiger partial charge on any atom is -0.399 e. The Labute approximate surface area is 164 Å². The first-order valence-electron chi connectivity index (χ1n) is 8.10. The Balaban J connectivity index is 2.36. The van der Waals surface area contributed by atoms with Crippen molar-refractivity contribution in [3.05, 3.63) is 53.6 Å². The van der Waals surface area contributed by atoms with Crippen LogP contribution in [0.1, 0.15) is 25.0 Å². The van der Waals surface area contributed by atoms with E-state index >= 15 is 0 Å². The fourth-order valence-electron chi connectivity index (χ4n) is 2.24. The fourth-order valence-corrected chi connectivity index (χ4v) is 3.39. The van der Waals surface area contributed by atoms with Gasteiger partial charge in [-0.3, -0.25) is 0 Å². The van der Waals surface area contributed by atoms with E-state index in [1.54, 1.807) is 36.4 Å². The lowest BCUT2D eigenvalue weighted by molar-refractivity contribution is 0.333. The van der Waals surface area contributed by atoms with E-state index in [1.807, 2.05) is 26.0 Å². The highest BCUT2D eigenvalue weighted by molar-refractivity contribution is 7.86. The molecule has 0 atom stereocenters. The second-order valence-electron chi connectivity index (χ2n) is 6.06. The van der Waals surface area contributed by atoms with Crippen LogP contribution in [0.3, 0.4) is 0 Å². The standard InChI is InChI=1S/C18H22N4O3S2/c1-12(2)21-18(26)22-16-10-7-14(17(11-16)27(23,24)25-20)6-3-13-4-8-15(19)9-5-13/h3-12H,19-20H2,1-2H3,(H2,21,22,26)/b6-3+. The molecule has 144 valence electrons. The van der Waals surface area contributed by atoms with Gasteiger partial charge in [-0.2, -0.15) is 18.6 Å². The minimum atomic E-state index is -4.12. The molecule has 7 nitrogen and oxygen atoms in total. The fraction of sp³-hybridized carbons (Fsp3) is 0.167. The molecule has 2 rings (SSSR count). The van der Waals surface area contributed by atoms with Gasteiger partial charge in [-0.05, 0) is 61.5 Å². The van der Waals surface area contributed by atoms with Crippen LogP contribution in [-0.2, 0) is 14.4 Å². The predicted octanol–water partition coefficient (Wildman–Crippen LogP) is 2.71. The first-order chi connectivity index (χ1) is 12.7. The molecule has 0 unspecified atom stereocenters. The summed E-state index contributed by atoms with van der Waals surface area (Å²) in [7, 11) is -4.12. The van der Waals surface area contributed by atoms with Gasteiger partial charge in [0.15, 0.2) is 5.11 Å². The first-order valence-corrected chi connectivity index (χ1v) is 9.91. The van der Waals surface area contributed by atoms with Crippen LogP contribution in [0.2, 0.25) is 0 Å². The maximum absolute atomic E-state index is 12.2. The van der Waals surface area contributed by atoms with E-state index in [1.165, 1.54) is 6.07 Å². The molecule has 2 aromatic rings. The van der Waals surface area contributed by atoms with E-state index in [-0.39, 0.29) is 10.9 Å². The molecule has 2 aromatic carbocycles. The van der Waals surface area contributed by atoms with Crippen molar-refractivity contribution in [3.8, 4) is 0 Å². The van der Waals surface area contributed by atoms with Crippen molar-refractivity contribution in [2.24, 2.45) is 5.90 Å². The molecular weight excluding hydrogens is 384 g/mol. The van der Waals surface area contributed by atoms with Crippen molar-refractivity contribution in [1.29, 1.82) is 0 Å². The predicted molar refractivity (Wildman–Crippen MR) is 113 cm³/mol. The highest BCUT2D eigenvalue weighted by Crippen LogP contribution is 2.24. The van der Waals surface area contributed by atoms with Crippen molar-refractivity contribution in [1.82, 2.24) is 5.32 Å².